The van der Waals surface area contributed by atoms with Gasteiger partial charge in [0.1, 0.15) is 17.4 Å². The van der Waals surface area contributed by atoms with Crippen LogP contribution in [0.15, 0.2) is 22.8 Å². The molecule has 2 aromatic rings. The summed E-state index contributed by atoms with van der Waals surface area (Å²) in [5, 5.41) is 12.4. The maximum atomic E-state index is 13.5. The first kappa shape index (κ1) is 10.8. The molecule has 0 atom stereocenters. The molecule has 5 heteroatoms. The van der Waals surface area contributed by atoms with Gasteiger partial charge < -0.3 is 5.32 Å². The third-order valence-electron chi connectivity index (χ3n) is 2.29. The van der Waals surface area contributed by atoms with E-state index < -0.39 is 5.82 Å². The number of hydrogen-bond acceptors (Lipinski definition) is 3. The quantitative estimate of drug-likeness (QED) is 0.873. The molecule has 0 aliphatic rings. The Balaban J connectivity index is 2.98. The average molecular weight is 280 g/mol. The molecule has 0 spiro atoms. The Hall–Kier alpha value is -1.67. The first-order valence-electron chi connectivity index (χ1n) is 4.53. The average Bonchev–Trinajstić information content (AvgIpc) is 2.32. The summed E-state index contributed by atoms with van der Waals surface area (Å²) in [5.41, 5.74) is 1.22. The van der Waals surface area contributed by atoms with Crippen molar-refractivity contribution in [1.82, 2.24) is 4.98 Å². The fourth-order valence-electron chi connectivity index (χ4n) is 1.58. The highest BCUT2D eigenvalue weighted by Gasteiger charge is 2.13. The second-order valence-corrected chi connectivity index (χ2v) is 4.02. The van der Waals surface area contributed by atoms with Gasteiger partial charge in [0, 0.05) is 23.1 Å². The van der Waals surface area contributed by atoms with Crippen LogP contribution in [-0.2, 0) is 0 Å². The summed E-state index contributed by atoms with van der Waals surface area (Å²) < 4.78 is 14.2. The van der Waals surface area contributed by atoms with E-state index in [0.29, 0.717) is 21.1 Å². The zero-order chi connectivity index (χ0) is 11.7. The Morgan fingerprint density at radius 2 is 2.25 bits per heavy atom. The van der Waals surface area contributed by atoms with E-state index in [-0.39, 0.29) is 5.52 Å². The highest BCUT2D eigenvalue weighted by atomic mass is 79.9. The monoisotopic (exact) mass is 279 g/mol. The van der Waals surface area contributed by atoms with E-state index >= 15 is 0 Å². The molecule has 1 aromatic carbocycles. The zero-order valence-electron chi connectivity index (χ0n) is 8.38. The van der Waals surface area contributed by atoms with Gasteiger partial charge in [-0.2, -0.15) is 5.26 Å². The molecule has 0 amide bonds. The van der Waals surface area contributed by atoms with Crippen LogP contribution in [0.5, 0.6) is 0 Å². The summed E-state index contributed by atoms with van der Waals surface area (Å²) in [6.07, 6.45) is 1.36. The van der Waals surface area contributed by atoms with E-state index in [1.165, 1.54) is 12.3 Å². The number of nitriles is 1. The molecule has 0 radical (unpaired) electrons. The summed E-state index contributed by atoms with van der Waals surface area (Å²) in [4.78, 5) is 3.95. The third kappa shape index (κ3) is 1.51. The van der Waals surface area contributed by atoms with Crippen molar-refractivity contribution >= 4 is 32.5 Å². The van der Waals surface area contributed by atoms with Gasteiger partial charge in [0.05, 0.1) is 11.3 Å². The van der Waals surface area contributed by atoms with E-state index in [1.54, 1.807) is 13.1 Å². The van der Waals surface area contributed by atoms with Gasteiger partial charge in [0.2, 0.25) is 0 Å². The summed E-state index contributed by atoms with van der Waals surface area (Å²) in [7, 11) is 1.69. The number of halogens is 2. The van der Waals surface area contributed by atoms with Gasteiger partial charge in [-0.05, 0) is 12.1 Å². The van der Waals surface area contributed by atoms with Crippen molar-refractivity contribution in [1.29, 1.82) is 5.26 Å². The topological polar surface area (TPSA) is 48.7 Å². The van der Waals surface area contributed by atoms with Crippen molar-refractivity contribution in [2.24, 2.45) is 0 Å². The number of nitrogens with one attached hydrogen (secondary N) is 1. The number of anilines is 1. The minimum absolute atomic E-state index is 0.248. The van der Waals surface area contributed by atoms with Crippen molar-refractivity contribution in [2.45, 2.75) is 0 Å². The highest BCUT2D eigenvalue weighted by molar-refractivity contribution is 9.10. The predicted octanol–water partition coefficient (Wildman–Crippen LogP) is 3.05. The Labute approximate surface area is 100 Å². The van der Waals surface area contributed by atoms with Crippen LogP contribution in [0.2, 0.25) is 0 Å². The maximum Gasteiger partial charge on any atom is 0.149 e. The predicted molar refractivity (Wildman–Crippen MR) is 63.7 cm³/mol. The Kier molecular flexibility index (Phi) is 2.75. The molecule has 1 N–H and O–H groups in total. The minimum atomic E-state index is -0.404. The molecule has 80 valence electrons. The molecule has 0 bridgehead atoms. The fraction of sp³-hybridized carbons (Fsp3) is 0.0909. The normalized spacial score (nSPS) is 10.1. The van der Waals surface area contributed by atoms with Gasteiger partial charge >= 0.3 is 0 Å². The second kappa shape index (κ2) is 4.06. The van der Waals surface area contributed by atoms with Crippen LogP contribution in [0, 0.1) is 17.1 Å². The van der Waals surface area contributed by atoms with Gasteiger partial charge in [-0.25, -0.2) is 4.39 Å². The molecule has 0 saturated heterocycles. The fourth-order valence-corrected chi connectivity index (χ4v) is 2.10. The molecular formula is C11H7BrFN3. The summed E-state index contributed by atoms with van der Waals surface area (Å²) in [6, 6.07) is 4.95. The van der Waals surface area contributed by atoms with Gasteiger partial charge in [-0.3, -0.25) is 4.98 Å². The standard InChI is InChI=1S/C11H7BrFN3/c1-15-10-6(4-14)5-16-11-8(13)3-2-7(12)9(10)11/h2-3,5H,1H3,(H,15,16). The van der Waals surface area contributed by atoms with Crippen LogP contribution in [0.4, 0.5) is 10.1 Å². The van der Waals surface area contributed by atoms with Gasteiger partial charge in [-0.15, -0.1) is 0 Å². The second-order valence-electron chi connectivity index (χ2n) is 3.16. The van der Waals surface area contributed by atoms with E-state index in [2.05, 4.69) is 26.2 Å². The van der Waals surface area contributed by atoms with Crippen LogP contribution in [0.1, 0.15) is 5.56 Å². The van der Waals surface area contributed by atoms with Crippen LogP contribution < -0.4 is 5.32 Å². The summed E-state index contributed by atoms with van der Waals surface area (Å²) in [5.74, 6) is -0.404. The molecule has 2 rings (SSSR count). The lowest BCUT2D eigenvalue weighted by atomic mass is 10.1. The van der Waals surface area contributed by atoms with Crippen LogP contribution >= 0.6 is 15.9 Å². The van der Waals surface area contributed by atoms with Crippen molar-refractivity contribution in [3.63, 3.8) is 0 Å². The van der Waals surface area contributed by atoms with Crippen LogP contribution in [-0.4, -0.2) is 12.0 Å². The largest absolute Gasteiger partial charge is 0.386 e. The molecular weight excluding hydrogens is 273 g/mol. The molecule has 0 aliphatic heterocycles. The van der Waals surface area contributed by atoms with E-state index in [0.717, 1.165) is 0 Å². The van der Waals surface area contributed by atoms with E-state index in [1.807, 2.05) is 6.07 Å². The molecule has 1 heterocycles. The number of nitrogens with zero attached hydrogens (tertiary/aromatic N) is 2. The molecule has 0 aliphatic carbocycles. The number of fused-ring (bicyclic) bond motifs is 1. The van der Waals surface area contributed by atoms with Gasteiger partial charge in [0.15, 0.2) is 0 Å². The van der Waals surface area contributed by atoms with Crippen LogP contribution in [0.3, 0.4) is 0 Å². The smallest absolute Gasteiger partial charge is 0.149 e. The molecule has 3 nitrogen and oxygen atoms in total. The van der Waals surface area contributed by atoms with Crippen molar-refractivity contribution in [3.05, 3.63) is 34.2 Å². The SMILES string of the molecule is CNc1c(C#N)cnc2c(F)ccc(Br)c12. The Morgan fingerprint density at radius 1 is 1.50 bits per heavy atom. The van der Waals surface area contributed by atoms with Crippen molar-refractivity contribution in [3.8, 4) is 6.07 Å². The highest BCUT2D eigenvalue weighted by Crippen LogP contribution is 2.32. The number of pyridine rings is 1. The number of aromatic nitrogens is 1. The van der Waals surface area contributed by atoms with E-state index in [4.69, 9.17) is 5.26 Å². The van der Waals surface area contributed by atoms with Gasteiger partial charge in [-0.1, -0.05) is 15.9 Å². The molecule has 0 unspecified atom stereocenters. The Morgan fingerprint density at radius 3 is 2.88 bits per heavy atom. The molecule has 16 heavy (non-hydrogen) atoms. The first-order valence-corrected chi connectivity index (χ1v) is 5.33. The van der Waals surface area contributed by atoms with Gasteiger partial charge in [0.25, 0.3) is 0 Å². The molecule has 0 saturated carbocycles. The zero-order valence-corrected chi connectivity index (χ0v) is 9.97. The molecule has 0 fully saturated rings. The van der Waals surface area contributed by atoms with E-state index in [9.17, 15) is 4.39 Å². The first-order chi connectivity index (χ1) is 7.69. The Bertz CT molecular complexity index is 604. The van der Waals surface area contributed by atoms with Crippen molar-refractivity contribution in [2.75, 3.05) is 12.4 Å². The molecule has 1 aromatic heterocycles. The summed E-state index contributed by atoms with van der Waals surface area (Å²) in [6.45, 7) is 0. The lowest BCUT2D eigenvalue weighted by Crippen LogP contribution is -1.97. The lowest BCUT2D eigenvalue weighted by molar-refractivity contribution is 0.636. The number of hydrogen-bond donors (Lipinski definition) is 1. The van der Waals surface area contributed by atoms with Crippen molar-refractivity contribution < 1.29 is 4.39 Å². The number of benzene rings is 1. The minimum Gasteiger partial charge on any atom is -0.386 e. The third-order valence-corrected chi connectivity index (χ3v) is 2.95. The maximum absolute atomic E-state index is 13.5. The number of rotatable bonds is 1. The summed E-state index contributed by atoms with van der Waals surface area (Å²) >= 11 is 3.33. The lowest BCUT2D eigenvalue weighted by Gasteiger charge is -2.09. The van der Waals surface area contributed by atoms with Crippen LogP contribution in [0.25, 0.3) is 10.9 Å².